The van der Waals surface area contributed by atoms with Gasteiger partial charge in [-0.25, -0.2) is 0 Å². The molecule has 1 N–H and O–H groups in total. The molecule has 3 aliphatic rings. The fourth-order valence-corrected chi connectivity index (χ4v) is 3.45. The van der Waals surface area contributed by atoms with E-state index in [0.717, 1.165) is 19.3 Å². The summed E-state index contributed by atoms with van der Waals surface area (Å²) in [6, 6.07) is 2.63. The number of nitro benzene ring substituents is 1. The number of amides is 2. The minimum absolute atomic E-state index is 0.0336. The summed E-state index contributed by atoms with van der Waals surface area (Å²) < 4.78 is 10.3. The van der Waals surface area contributed by atoms with Gasteiger partial charge in [0.05, 0.1) is 16.0 Å². The van der Waals surface area contributed by atoms with Gasteiger partial charge in [0.1, 0.15) is 6.54 Å². The predicted molar refractivity (Wildman–Crippen MR) is 79.8 cm³/mol. The average molecular weight is 333 g/mol. The summed E-state index contributed by atoms with van der Waals surface area (Å²) in [5.74, 6) is -0.412. The number of ether oxygens (including phenoxy) is 2. The lowest BCUT2D eigenvalue weighted by atomic mass is 9.74. The number of fused-ring (bicyclic) bond motifs is 1. The molecule has 2 amide bonds. The third kappa shape index (κ3) is 2.08. The Morgan fingerprint density at radius 3 is 2.79 bits per heavy atom. The highest BCUT2D eigenvalue weighted by Gasteiger charge is 2.48. The smallest absolute Gasteiger partial charge is 0.315 e. The number of hydrogen-bond donors (Lipinski definition) is 1. The van der Waals surface area contributed by atoms with Crippen LogP contribution in [-0.4, -0.2) is 47.1 Å². The van der Waals surface area contributed by atoms with E-state index in [9.17, 15) is 19.7 Å². The molecule has 2 heterocycles. The molecule has 2 aliphatic heterocycles. The van der Waals surface area contributed by atoms with Crippen LogP contribution in [0.5, 0.6) is 11.5 Å². The second-order valence-corrected chi connectivity index (χ2v) is 6.23. The fourth-order valence-electron chi connectivity index (χ4n) is 3.45. The Hall–Kier alpha value is -2.84. The number of carbonyl (C=O) groups excluding carboxylic acids is 2. The van der Waals surface area contributed by atoms with Gasteiger partial charge < -0.3 is 19.7 Å². The summed E-state index contributed by atoms with van der Waals surface area (Å²) >= 11 is 0. The number of nitro groups is 1. The van der Waals surface area contributed by atoms with Crippen molar-refractivity contribution in [3.63, 3.8) is 0 Å². The first kappa shape index (κ1) is 14.7. The molecule has 0 aromatic heterocycles. The van der Waals surface area contributed by atoms with E-state index >= 15 is 0 Å². The van der Waals surface area contributed by atoms with E-state index in [2.05, 4.69) is 5.32 Å². The number of piperazine rings is 1. The van der Waals surface area contributed by atoms with E-state index in [0.29, 0.717) is 6.54 Å². The van der Waals surface area contributed by atoms with E-state index < -0.39 is 10.8 Å². The predicted octanol–water partition coefficient (Wildman–Crippen LogP) is 0.818. The van der Waals surface area contributed by atoms with Gasteiger partial charge in [0.25, 0.3) is 5.91 Å². The second kappa shape index (κ2) is 5.08. The normalized spacial score (nSPS) is 20.5. The highest BCUT2D eigenvalue weighted by atomic mass is 16.7. The first-order chi connectivity index (χ1) is 11.5. The van der Waals surface area contributed by atoms with Gasteiger partial charge in [-0.2, -0.15) is 0 Å². The SMILES string of the molecule is O=C1CN(C(=O)c2cc3c(c([N+](=O)[O-])c2)OCO3)C2(CCC2)CN1. The van der Waals surface area contributed by atoms with E-state index in [1.54, 1.807) is 0 Å². The van der Waals surface area contributed by atoms with Crippen LogP contribution in [0.3, 0.4) is 0 Å². The first-order valence-electron chi connectivity index (χ1n) is 7.67. The molecule has 2 fully saturated rings. The Labute approximate surface area is 136 Å². The zero-order valence-electron chi connectivity index (χ0n) is 12.7. The van der Waals surface area contributed by atoms with Gasteiger partial charge >= 0.3 is 5.69 Å². The molecule has 126 valence electrons. The highest BCUT2D eigenvalue weighted by molar-refractivity contribution is 5.99. The van der Waals surface area contributed by atoms with Crippen molar-refractivity contribution in [2.75, 3.05) is 19.9 Å². The fraction of sp³-hybridized carbons (Fsp3) is 0.467. The maximum atomic E-state index is 13.0. The molecule has 4 rings (SSSR count). The lowest BCUT2D eigenvalue weighted by Crippen LogP contribution is -2.67. The first-order valence-corrected chi connectivity index (χ1v) is 7.67. The van der Waals surface area contributed by atoms with E-state index in [4.69, 9.17) is 9.47 Å². The van der Waals surface area contributed by atoms with Crippen molar-refractivity contribution in [2.24, 2.45) is 0 Å². The summed E-state index contributed by atoms with van der Waals surface area (Å²) in [7, 11) is 0. The van der Waals surface area contributed by atoms with Gasteiger partial charge in [0.2, 0.25) is 18.4 Å². The average Bonchev–Trinajstić information content (AvgIpc) is 2.99. The molecule has 1 saturated heterocycles. The quantitative estimate of drug-likeness (QED) is 0.633. The monoisotopic (exact) mass is 333 g/mol. The largest absolute Gasteiger partial charge is 0.453 e. The van der Waals surface area contributed by atoms with Gasteiger partial charge in [-0.05, 0) is 25.3 Å². The molecule has 1 aromatic carbocycles. The van der Waals surface area contributed by atoms with Gasteiger partial charge in [-0.15, -0.1) is 0 Å². The van der Waals surface area contributed by atoms with Crippen LogP contribution in [0, 0.1) is 10.1 Å². The molecule has 0 bridgehead atoms. The number of benzene rings is 1. The molecule has 9 heteroatoms. The summed E-state index contributed by atoms with van der Waals surface area (Å²) in [4.78, 5) is 36.9. The maximum Gasteiger partial charge on any atom is 0.315 e. The Morgan fingerprint density at radius 1 is 1.33 bits per heavy atom. The van der Waals surface area contributed by atoms with Crippen molar-refractivity contribution in [2.45, 2.75) is 24.8 Å². The molecule has 1 saturated carbocycles. The number of carbonyl (C=O) groups is 2. The van der Waals surface area contributed by atoms with Crippen LogP contribution in [0.1, 0.15) is 29.6 Å². The summed E-state index contributed by atoms with van der Waals surface area (Å²) in [6.45, 7) is 0.259. The van der Waals surface area contributed by atoms with Gasteiger partial charge in [-0.1, -0.05) is 0 Å². The van der Waals surface area contributed by atoms with Crippen LogP contribution in [-0.2, 0) is 4.79 Å². The lowest BCUT2D eigenvalue weighted by Gasteiger charge is -2.52. The van der Waals surface area contributed by atoms with Crippen LogP contribution in [0.2, 0.25) is 0 Å². The molecule has 0 radical (unpaired) electrons. The third-order valence-corrected chi connectivity index (χ3v) is 4.91. The van der Waals surface area contributed by atoms with Crippen LogP contribution >= 0.6 is 0 Å². The highest BCUT2D eigenvalue weighted by Crippen LogP contribution is 2.43. The van der Waals surface area contributed by atoms with Crippen LogP contribution < -0.4 is 14.8 Å². The molecule has 1 aromatic rings. The minimum atomic E-state index is -0.605. The molecule has 9 nitrogen and oxygen atoms in total. The Balaban J connectivity index is 1.73. The van der Waals surface area contributed by atoms with Crippen molar-refractivity contribution in [1.29, 1.82) is 0 Å². The van der Waals surface area contributed by atoms with Crippen molar-refractivity contribution in [3.8, 4) is 11.5 Å². The van der Waals surface area contributed by atoms with Gasteiger partial charge in [0.15, 0.2) is 5.75 Å². The zero-order valence-corrected chi connectivity index (χ0v) is 12.7. The van der Waals surface area contributed by atoms with Gasteiger partial charge in [-0.3, -0.25) is 19.7 Å². The second-order valence-electron chi connectivity index (χ2n) is 6.23. The third-order valence-electron chi connectivity index (χ3n) is 4.91. The zero-order chi connectivity index (χ0) is 16.9. The van der Waals surface area contributed by atoms with Gasteiger partial charge in [0, 0.05) is 12.6 Å². The number of rotatable bonds is 2. The number of nitrogens with one attached hydrogen (secondary N) is 1. The van der Waals surface area contributed by atoms with Crippen molar-refractivity contribution < 1.29 is 24.0 Å². The molecular formula is C15H15N3O6. The molecule has 1 aliphatic carbocycles. The molecule has 24 heavy (non-hydrogen) atoms. The minimum Gasteiger partial charge on any atom is -0.453 e. The molecular weight excluding hydrogens is 318 g/mol. The Bertz CT molecular complexity index is 758. The molecule has 1 spiro atoms. The summed E-state index contributed by atoms with van der Waals surface area (Å²) in [6.07, 6.45) is 2.61. The van der Waals surface area contributed by atoms with Crippen LogP contribution in [0.4, 0.5) is 5.69 Å². The summed E-state index contributed by atoms with van der Waals surface area (Å²) in [5.41, 5.74) is -0.555. The van der Waals surface area contributed by atoms with Crippen molar-refractivity contribution >= 4 is 17.5 Å². The molecule has 0 unspecified atom stereocenters. The van der Waals surface area contributed by atoms with E-state index in [1.165, 1.54) is 17.0 Å². The standard InChI is InChI=1S/C15H15N3O6/c19-12-6-17(15(7-16-12)2-1-3-15)14(20)9-4-10(18(21)22)13-11(5-9)23-8-24-13/h4-5H,1-3,6-8H2,(H,16,19). The van der Waals surface area contributed by atoms with Crippen LogP contribution in [0.15, 0.2) is 12.1 Å². The van der Waals surface area contributed by atoms with Crippen molar-refractivity contribution in [1.82, 2.24) is 10.2 Å². The summed E-state index contributed by atoms with van der Waals surface area (Å²) in [5, 5.41) is 14.0. The Kier molecular flexibility index (Phi) is 3.12. The molecule has 0 atom stereocenters. The number of hydrogen-bond acceptors (Lipinski definition) is 6. The maximum absolute atomic E-state index is 13.0. The van der Waals surface area contributed by atoms with Crippen molar-refractivity contribution in [3.05, 3.63) is 27.8 Å². The van der Waals surface area contributed by atoms with E-state index in [-0.39, 0.29) is 47.5 Å². The van der Waals surface area contributed by atoms with E-state index in [1.807, 2.05) is 0 Å². The topological polar surface area (TPSA) is 111 Å². The number of nitrogens with zero attached hydrogens (tertiary/aromatic N) is 2. The Morgan fingerprint density at radius 2 is 2.12 bits per heavy atom. The van der Waals surface area contributed by atoms with Crippen LogP contribution in [0.25, 0.3) is 0 Å². The lowest BCUT2D eigenvalue weighted by molar-refractivity contribution is -0.385.